The van der Waals surface area contributed by atoms with Crippen molar-refractivity contribution in [1.29, 1.82) is 5.26 Å². The summed E-state index contributed by atoms with van der Waals surface area (Å²) in [5.74, 6) is 2.12. The first-order valence-corrected chi connectivity index (χ1v) is 9.88. The largest absolute Gasteiger partial charge is 0.372 e. The van der Waals surface area contributed by atoms with Crippen molar-refractivity contribution in [2.45, 2.75) is 12.8 Å². The summed E-state index contributed by atoms with van der Waals surface area (Å²) in [5.41, 5.74) is 3.21. The third-order valence-corrected chi connectivity index (χ3v) is 5.13. The highest BCUT2D eigenvalue weighted by Gasteiger charge is 2.22. The molecular formula is C23H23N7. The maximum atomic E-state index is 9.51. The van der Waals surface area contributed by atoms with Gasteiger partial charge in [-0.3, -0.25) is 4.98 Å². The first-order chi connectivity index (χ1) is 14.7. The Morgan fingerprint density at radius 3 is 2.77 bits per heavy atom. The lowest BCUT2D eigenvalue weighted by molar-refractivity contribution is 0.687. The maximum absolute atomic E-state index is 9.51. The number of rotatable bonds is 4. The molecular weight excluding hydrogens is 374 g/mol. The second kappa shape index (κ2) is 8.62. The monoisotopic (exact) mass is 397 g/mol. The van der Waals surface area contributed by atoms with E-state index in [4.69, 9.17) is 4.98 Å². The normalized spacial score (nSPS) is 13.6. The van der Waals surface area contributed by atoms with E-state index in [0.717, 1.165) is 48.7 Å². The van der Waals surface area contributed by atoms with E-state index in [0.29, 0.717) is 17.2 Å². The molecule has 0 atom stereocenters. The molecule has 0 fully saturated rings. The molecule has 3 aromatic rings. The van der Waals surface area contributed by atoms with E-state index >= 15 is 0 Å². The lowest BCUT2D eigenvalue weighted by atomic mass is 10.0. The quantitative estimate of drug-likeness (QED) is 0.712. The average Bonchev–Trinajstić information content (AvgIpc) is 2.78. The molecule has 3 heterocycles. The third kappa shape index (κ3) is 3.94. The van der Waals surface area contributed by atoms with Crippen molar-refractivity contribution in [3.8, 4) is 17.3 Å². The molecule has 0 bridgehead atoms. The number of hydrogen-bond donors (Lipinski definition) is 1. The molecule has 4 rings (SSSR count). The van der Waals surface area contributed by atoms with Gasteiger partial charge in [0, 0.05) is 38.1 Å². The smallest absolute Gasteiger partial charge is 0.158 e. The Labute approximate surface area is 176 Å². The number of benzene rings is 1. The molecule has 0 spiro atoms. The molecule has 2 aromatic heterocycles. The predicted octanol–water partition coefficient (Wildman–Crippen LogP) is 4.03. The van der Waals surface area contributed by atoms with Crippen molar-refractivity contribution >= 4 is 17.3 Å². The van der Waals surface area contributed by atoms with Crippen molar-refractivity contribution in [3.63, 3.8) is 0 Å². The summed E-state index contributed by atoms with van der Waals surface area (Å²) >= 11 is 0. The zero-order valence-electron chi connectivity index (χ0n) is 16.9. The summed E-state index contributed by atoms with van der Waals surface area (Å²) in [5, 5.41) is 12.8. The van der Waals surface area contributed by atoms with Crippen LogP contribution >= 0.6 is 0 Å². The van der Waals surface area contributed by atoms with E-state index in [1.165, 1.54) is 0 Å². The molecule has 0 radical (unpaired) electrons. The first-order valence-electron chi connectivity index (χ1n) is 9.88. The molecule has 0 aliphatic carbocycles. The van der Waals surface area contributed by atoms with Crippen LogP contribution in [0.4, 0.5) is 17.3 Å². The van der Waals surface area contributed by atoms with Crippen LogP contribution in [0.3, 0.4) is 0 Å². The number of nitriles is 1. The van der Waals surface area contributed by atoms with Crippen LogP contribution in [-0.2, 0) is 0 Å². The second-order valence-corrected chi connectivity index (χ2v) is 7.14. The number of nitrogens with one attached hydrogen (secondary N) is 1. The highest BCUT2D eigenvalue weighted by Crippen LogP contribution is 2.34. The van der Waals surface area contributed by atoms with Crippen LogP contribution in [0.1, 0.15) is 18.4 Å². The number of anilines is 3. The lowest BCUT2D eigenvalue weighted by Gasteiger charge is -2.33. The van der Waals surface area contributed by atoms with Crippen molar-refractivity contribution in [2.75, 3.05) is 35.3 Å². The fraction of sp³-hybridized carbons (Fsp3) is 0.217. The van der Waals surface area contributed by atoms with E-state index in [2.05, 4.69) is 50.8 Å². The van der Waals surface area contributed by atoms with E-state index in [1.54, 1.807) is 18.6 Å². The minimum Gasteiger partial charge on any atom is -0.372 e. The molecule has 1 aromatic carbocycles. The molecule has 1 aliphatic rings. The molecule has 0 saturated carbocycles. The zero-order valence-corrected chi connectivity index (χ0v) is 16.9. The average molecular weight is 397 g/mol. The minimum absolute atomic E-state index is 0.604. The van der Waals surface area contributed by atoms with Gasteiger partial charge in [-0.25, -0.2) is 9.97 Å². The summed E-state index contributed by atoms with van der Waals surface area (Å²) in [6, 6.07) is 13.8. The van der Waals surface area contributed by atoms with Crippen molar-refractivity contribution in [1.82, 2.24) is 15.0 Å². The van der Waals surface area contributed by atoms with Crippen LogP contribution < -0.4 is 15.1 Å². The van der Waals surface area contributed by atoms with Crippen molar-refractivity contribution in [3.05, 3.63) is 73.0 Å². The van der Waals surface area contributed by atoms with Crippen LogP contribution in [0.25, 0.3) is 11.3 Å². The Hall–Kier alpha value is -3.92. The standard InChI is InChI=1S/C23H23N7/c1-17(27-22-16-25-11-12-26-22)30-14-6-5-13-29(2)21-10-9-20(28-23(21)30)19-8-4-3-7-18(19)15-24/h3-4,7-12,16H,1,5-6,13-14H2,2H3,(H,26,27). The van der Waals surface area contributed by atoms with Gasteiger partial charge in [0.15, 0.2) is 5.82 Å². The van der Waals surface area contributed by atoms with Crippen molar-refractivity contribution < 1.29 is 0 Å². The van der Waals surface area contributed by atoms with Gasteiger partial charge in [0.25, 0.3) is 0 Å². The number of nitrogens with zero attached hydrogens (tertiary/aromatic N) is 6. The Kier molecular flexibility index (Phi) is 5.57. The maximum Gasteiger partial charge on any atom is 0.158 e. The highest BCUT2D eigenvalue weighted by molar-refractivity contribution is 5.76. The predicted molar refractivity (Wildman–Crippen MR) is 119 cm³/mol. The molecule has 1 aliphatic heterocycles. The lowest BCUT2D eigenvalue weighted by Crippen LogP contribution is -2.33. The van der Waals surface area contributed by atoms with Crippen LogP contribution in [0.15, 0.2) is 67.4 Å². The van der Waals surface area contributed by atoms with Crippen LogP contribution in [-0.4, -0.2) is 35.1 Å². The molecule has 30 heavy (non-hydrogen) atoms. The Balaban J connectivity index is 1.77. The fourth-order valence-corrected chi connectivity index (χ4v) is 3.58. The number of hydrogen-bond acceptors (Lipinski definition) is 7. The molecule has 0 unspecified atom stereocenters. The summed E-state index contributed by atoms with van der Waals surface area (Å²) < 4.78 is 0. The van der Waals surface area contributed by atoms with Gasteiger partial charge in [-0.1, -0.05) is 24.8 Å². The molecule has 7 heteroatoms. The molecule has 1 N–H and O–H groups in total. The summed E-state index contributed by atoms with van der Waals surface area (Å²) in [7, 11) is 2.08. The van der Waals surface area contributed by atoms with E-state index in [-0.39, 0.29) is 0 Å². The van der Waals surface area contributed by atoms with Gasteiger partial charge < -0.3 is 15.1 Å². The van der Waals surface area contributed by atoms with Gasteiger partial charge in [-0.05, 0) is 31.0 Å². The summed E-state index contributed by atoms with van der Waals surface area (Å²) in [6.07, 6.45) is 7.01. The summed E-state index contributed by atoms with van der Waals surface area (Å²) in [4.78, 5) is 17.7. The van der Waals surface area contributed by atoms with E-state index in [1.807, 2.05) is 30.3 Å². The van der Waals surface area contributed by atoms with Gasteiger partial charge in [0.1, 0.15) is 11.6 Å². The Morgan fingerprint density at radius 2 is 1.97 bits per heavy atom. The third-order valence-electron chi connectivity index (χ3n) is 5.13. The highest BCUT2D eigenvalue weighted by atomic mass is 15.3. The first kappa shape index (κ1) is 19.4. The van der Waals surface area contributed by atoms with Crippen LogP contribution in [0.2, 0.25) is 0 Å². The second-order valence-electron chi connectivity index (χ2n) is 7.14. The minimum atomic E-state index is 0.604. The SMILES string of the molecule is C=C(Nc1cnccn1)N1CCCCN(C)c2ccc(-c3ccccc3C#N)nc21. The van der Waals surface area contributed by atoms with Crippen LogP contribution in [0, 0.1) is 11.3 Å². The van der Waals surface area contributed by atoms with Crippen LogP contribution in [0.5, 0.6) is 0 Å². The van der Waals surface area contributed by atoms with Gasteiger partial charge in [0.05, 0.1) is 29.2 Å². The summed E-state index contributed by atoms with van der Waals surface area (Å²) in [6.45, 7) is 5.98. The Bertz CT molecular complexity index is 1090. The molecule has 150 valence electrons. The topological polar surface area (TPSA) is 81.0 Å². The van der Waals surface area contributed by atoms with E-state index in [9.17, 15) is 5.26 Å². The molecule has 0 amide bonds. The molecule has 7 nitrogen and oxygen atoms in total. The van der Waals surface area contributed by atoms with E-state index < -0.39 is 0 Å². The Morgan fingerprint density at radius 1 is 1.13 bits per heavy atom. The number of aromatic nitrogens is 3. The van der Waals surface area contributed by atoms with Crippen molar-refractivity contribution in [2.24, 2.45) is 0 Å². The van der Waals surface area contributed by atoms with Gasteiger partial charge >= 0.3 is 0 Å². The fourth-order valence-electron chi connectivity index (χ4n) is 3.58. The molecule has 0 saturated heterocycles. The zero-order chi connectivity index (χ0) is 20.9. The van der Waals surface area contributed by atoms with Gasteiger partial charge in [-0.2, -0.15) is 5.26 Å². The number of pyridine rings is 1. The number of fused-ring (bicyclic) bond motifs is 1. The van der Waals surface area contributed by atoms with Gasteiger partial charge in [0.2, 0.25) is 0 Å². The van der Waals surface area contributed by atoms with Gasteiger partial charge in [-0.15, -0.1) is 0 Å².